The molecule has 1 atom stereocenters. The molecule has 0 aliphatic heterocycles. The highest BCUT2D eigenvalue weighted by Gasteiger charge is 2.20. The number of carboxylic acids is 1. The molecule has 31 heavy (non-hydrogen) atoms. The van der Waals surface area contributed by atoms with E-state index in [4.69, 9.17) is 14.2 Å². The summed E-state index contributed by atoms with van der Waals surface area (Å²) >= 11 is 0. The molecule has 0 bridgehead atoms. The van der Waals surface area contributed by atoms with E-state index < -0.39 is 17.9 Å². The molecule has 0 saturated heterocycles. The fraction of sp³-hybridized carbons (Fsp3) is 0.250. The van der Waals surface area contributed by atoms with Crippen molar-refractivity contribution >= 4 is 22.6 Å². The number of benzene rings is 3. The number of carbonyl (C=O) groups excluding carboxylic acids is 1. The predicted octanol–water partition coefficient (Wildman–Crippen LogP) is 3.96. The van der Waals surface area contributed by atoms with Gasteiger partial charge in [-0.25, -0.2) is 0 Å². The molecule has 3 aromatic rings. The number of rotatable bonds is 10. The van der Waals surface area contributed by atoms with Crippen molar-refractivity contribution in [2.45, 2.75) is 19.4 Å². The van der Waals surface area contributed by atoms with Crippen LogP contribution in [0.15, 0.2) is 60.7 Å². The van der Waals surface area contributed by atoms with E-state index in [1.807, 2.05) is 43.3 Å². The highest BCUT2D eigenvalue weighted by molar-refractivity contribution is 5.84. The maximum Gasteiger partial charge on any atom is 0.305 e. The van der Waals surface area contributed by atoms with Crippen molar-refractivity contribution < 1.29 is 28.9 Å². The van der Waals surface area contributed by atoms with Gasteiger partial charge in [-0.05, 0) is 47.5 Å². The zero-order valence-corrected chi connectivity index (χ0v) is 17.5. The lowest BCUT2D eigenvalue weighted by molar-refractivity contribution is -0.137. The first-order chi connectivity index (χ1) is 15.0. The number of amides is 1. The van der Waals surface area contributed by atoms with Crippen molar-refractivity contribution in [1.82, 2.24) is 5.32 Å². The molecule has 162 valence electrons. The molecule has 3 rings (SSSR count). The number of ether oxygens (including phenoxy) is 3. The fourth-order valence-corrected chi connectivity index (χ4v) is 3.24. The van der Waals surface area contributed by atoms with Crippen molar-refractivity contribution in [3.8, 4) is 17.2 Å². The van der Waals surface area contributed by atoms with Crippen LogP contribution < -0.4 is 19.5 Å². The van der Waals surface area contributed by atoms with Crippen LogP contribution in [-0.2, 0) is 9.59 Å². The summed E-state index contributed by atoms with van der Waals surface area (Å²) in [7, 11) is 1.50. The van der Waals surface area contributed by atoms with Gasteiger partial charge in [0.1, 0.15) is 5.75 Å². The normalized spacial score (nSPS) is 11.5. The molecule has 7 nitrogen and oxygen atoms in total. The topological polar surface area (TPSA) is 94.1 Å². The van der Waals surface area contributed by atoms with Crippen LogP contribution in [0.5, 0.6) is 17.2 Å². The Balaban J connectivity index is 1.69. The van der Waals surface area contributed by atoms with Crippen molar-refractivity contribution in [2.24, 2.45) is 0 Å². The molecule has 7 heteroatoms. The van der Waals surface area contributed by atoms with E-state index in [1.165, 1.54) is 7.11 Å². The van der Waals surface area contributed by atoms with Crippen LogP contribution in [-0.4, -0.2) is 37.3 Å². The fourth-order valence-electron chi connectivity index (χ4n) is 3.24. The number of fused-ring (bicyclic) bond motifs is 1. The summed E-state index contributed by atoms with van der Waals surface area (Å²) in [5.74, 6) is 0.123. The second-order valence-electron chi connectivity index (χ2n) is 6.86. The molecular formula is C24H25NO6. The maximum absolute atomic E-state index is 12.5. The minimum Gasteiger partial charge on any atom is -0.493 e. The highest BCUT2D eigenvalue weighted by atomic mass is 16.5. The molecule has 1 amide bonds. The summed E-state index contributed by atoms with van der Waals surface area (Å²) < 4.78 is 16.4. The molecule has 0 aliphatic carbocycles. The minimum absolute atomic E-state index is 0.234. The summed E-state index contributed by atoms with van der Waals surface area (Å²) in [6.45, 7) is 2.09. The number of carbonyl (C=O) groups is 2. The van der Waals surface area contributed by atoms with Crippen LogP contribution in [0.2, 0.25) is 0 Å². The molecule has 0 saturated carbocycles. The second-order valence-corrected chi connectivity index (χ2v) is 6.86. The summed E-state index contributed by atoms with van der Waals surface area (Å²) in [5.41, 5.74) is 0.599. The third kappa shape index (κ3) is 5.88. The summed E-state index contributed by atoms with van der Waals surface area (Å²) in [5, 5.41) is 14.1. The Kier molecular flexibility index (Phi) is 7.32. The lowest BCUT2D eigenvalue weighted by atomic mass is 10.0. The molecule has 0 aromatic heterocycles. The Labute approximate surface area is 180 Å². The van der Waals surface area contributed by atoms with Gasteiger partial charge in [-0.3, -0.25) is 9.59 Å². The van der Waals surface area contributed by atoms with Crippen molar-refractivity contribution in [2.75, 3.05) is 20.3 Å². The van der Waals surface area contributed by atoms with Gasteiger partial charge in [0, 0.05) is 0 Å². The lowest BCUT2D eigenvalue weighted by Crippen LogP contribution is -2.33. The van der Waals surface area contributed by atoms with Crippen molar-refractivity contribution in [3.63, 3.8) is 0 Å². The van der Waals surface area contributed by atoms with Gasteiger partial charge in [0.05, 0.1) is 26.2 Å². The zero-order chi connectivity index (χ0) is 22.2. The summed E-state index contributed by atoms with van der Waals surface area (Å²) in [4.78, 5) is 23.8. The number of nitrogens with one attached hydrogen (secondary N) is 1. The molecule has 0 fully saturated rings. The van der Waals surface area contributed by atoms with Crippen LogP contribution >= 0.6 is 0 Å². The van der Waals surface area contributed by atoms with E-state index >= 15 is 0 Å². The predicted molar refractivity (Wildman–Crippen MR) is 117 cm³/mol. The van der Waals surface area contributed by atoms with Gasteiger partial charge >= 0.3 is 5.97 Å². The van der Waals surface area contributed by atoms with Gasteiger partial charge in [-0.15, -0.1) is 0 Å². The molecule has 0 heterocycles. The monoisotopic (exact) mass is 423 g/mol. The maximum atomic E-state index is 12.5. The Morgan fingerprint density at radius 3 is 2.45 bits per heavy atom. The molecule has 0 radical (unpaired) electrons. The molecular weight excluding hydrogens is 398 g/mol. The summed E-state index contributed by atoms with van der Waals surface area (Å²) in [6, 6.07) is 17.7. The first kappa shape index (κ1) is 22.0. The lowest BCUT2D eigenvalue weighted by Gasteiger charge is -2.19. The number of aliphatic carboxylic acids is 1. The van der Waals surface area contributed by atoms with E-state index in [1.54, 1.807) is 24.3 Å². The molecule has 0 aliphatic rings. The average molecular weight is 423 g/mol. The van der Waals surface area contributed by atoms with E-state index in [0.717, 1.165) is 10.8 Å². The third-order valence-corrected chi connectivity index (χ3v) is 4.69. The van der Waals surface area contributed by atoms with Gasteiger partial charge in [0.2, 0.25) is 0 Å². The van der Waals surface area contributed by atoms with E-state index in [0.29, 0.717) is 29.4 Å². The SMILES string of the molecule is CCOc1ccc([C@@H](CC(=O)O)NC(=O)COc2ccc3ccccc3c2)cc1OC. The van der Waals surface area contributed by atoms with Gasteiger partial charge in [-0.2, -0.15) is 0 Å². The van der Waals surface area contributed by atoms with Crippen LogP contribution in [0.25, 0.3) is 10.8 Å². The zero-order valence-electron chi connectivity index (χ0n) is 17.5. The van der Waals surface area contributed by atoms with Gasteiger partial charge < -0.3 is 24.6 Å². The largest absolute Gasteiger partial charge is 0.493 e. The molecule has 0 unspecified atom stereocenters. The minimum atomic E-state index is -1.03. The molecule has 3 aromatic carbocycles. The first-order valence-electron chi connectivity index (χ1n) is 9.93. The average Bonchev–Trinajstić information content (AvgIpc) is 2.77. The molecule has 0 spiro atoms. The van der Waals surface area contributed by atoms with Crippen LogP contribution in [0.1, 0.15) is 24.9 Å². The standard InChI is InChI=1S/C24H25NO6/c1-3-30-21-11-9-18(13-22(21)29-2)20(14-24(27)28)25-23(26)15-31-19-10-8-16-6-4-5-7-17(16)12-19/h4-13,20H,3,14-15H2,1-2H3,(H,25,26)(H,27,28)/t20-/m1/s1. The smallest absolute Gasteiger partial charge is 0.305 e. The van der Waals surface area contributed by atoms with Gasteiger partial charge in [-0.1, -0.05) is 36.4 Å². The van der Waals surface area contributed by atoms with Gasteiger partial charge in [0.15, 0.2) is 18.1 Å². The van der Waals surface area contributed by atoms with E-state index in [-0.39, 0.29) is 13.0 Å². The number of hydrogen-bond donors (Lipinski definition) is 2. The van der Waals surface area contributed by atoms with E-state index in [9.17, 15) is 14.7 Å². The van der Waals surface area contributed by atoms with Crippen LogP contribution in [0.3, 0.4) is 0 Å². The van der Waals surface area contributed by atoms with Crippen molar-refractivity contribution in [3.05, 3.63) is 66.2 Å². The number of carboxylic acid groups (broad SMARTS) is 1. The van der Waals surface area contributed by atoms with Crippen molar-refractivity contribution in [1.29, 1.82) is 0 Å². The Morgan fingerprint density at radius 1 is 0.968 bits per heavy atom. The summed E-state index contributed by atoms with van der Waals surface area (Å²) in [6.07, 6.45) is -0.279. The highest BCUT2D eigenvalue weighted by Crippen LogP contribution is 2.31. The quantitative estimate of drug-likeness (QED) is 0.513. The Hall–Kier alpha value is -3.74. The Morgan fingerprint density at radius 2 is 1.74 bits per heavy atom. The van der Waals surface area contributed by atoms with Crippen LogP contribution in [0, 0.1) is 0 Å². The van der Waals surface area contributed by atoms with Crippen LogP contribution in [0.4, 0.5) is 0 Å². The number of methoxy groups -OCH3 is 1. The first-order valence-corrected chi connectivity index (χ1v) is 9.93. The van der Waals surface area contributed by atoms with E-state index in [2.05, 4.69) is 5.32 Å². The third-order valence-electron chi connectivity index (χ3n) is 4.69. The Bertz CT molecular complexity index is 1060. The number of hydrogen-bond acceptors (Lipinski definition) is 5. The second kappa shape index (κ2) is 10.3. The molecule has 2 N–H and O–H groups in total. The van der Waals surface area contributed by atoms with Gasteiger partial charge in [0.25, 0.3) is 5.91 Å².